The highest BCUT2D eigenvalue weighted by Gasteiger charge is 2.08. The summed E-state index contributed by atoms with van der Waals surface area (Å²) in [6, 6.07) is 9.98. The molecule has 0 aliphatic heterocycles. The molecule has 6 nitrogen and oxygen atoms in total. The number of rotatable bonds is 6. The molecule has 2 aromatic carbocycles. The van der Waals surface area contributed by atoms with Gasteiger partial charge >= 0.3 is 0 Å². The first-order chi connectivity index (χ1) is 11.9. The molecule has 0 bridgehead atoms. The number of hydrogen-bond donors (Lipinski definition) is 1. The molecule has 0 atom stereocenters. The number of carbonyl (C=O) groups excluding carboxylic acids is 2. The van der Waals surface area contributed by atoms with Crippen LogP contribution in [0.2, 0.25) is 0 Å². The lowest BCUT2D eigenvalue weighted by Crippen LogP contribution is -2.24. The van der Waals surface area contributed by atoms with Crippen LogP contribution in [0.25, 0.3) is 0 Å². The zero-order valence-electron chi connectivity index (χ0n) is 13.7. The summed E-state index contributed by atoms with van der Waals surface area (Å²) in [5.74, 6) is -1.72. The van der Waals surface area contributed by atoms with Crippen LogP contribution in [0, 0.1) is 5.82 Å². The number of aliphatic carboxylic acids is 1. The summed E-state index contributed by atoms with van der Waals surface area (Å²) < 4.78 is 18.0. The molecule has 0 unspecified atom stereocenters. The molecule has 2 rings (SSSR count). The van der Waals surface area contributed by atoms with Gasteiger partial charge in [-0.15, -0.1) is 0 Å². The van der Waals surface area contributed by atoms with E-state index in [9.17, 15) is 19.1 Å². The van der Waals surface area contributed by atoms with Crippen molar-refractivity contribution in [1.82, 2.24) is 5.43 Å². The predicted octanol–water partition coefficient (Wildman–Crippen LogP) is 1.28. The molecule has 0 saturated carbocycles. The summed E-state index contributed by atoms with van der Waals surface area (Å²) in [6.07, 6.45) is -0.299. The third-order valence-electron chi connectivity index (χ3n) is 3.46. The van der Waals surface area contributed by atoms with Crippen LogP contribution >= 0.6 is 0 Å². The summed E-state index contributed by atoms with van der Waals surface area (Å²) in [6.45, 7) is 1.66. The topological polar surface area (TPSA) is 90.8 Å². The van der Waals surface area contributed by atoms with Gasteiger partial charge in [-0.1, -0.05) is 0 Å². The van der Waals surface area contributed by atoms with E-state index >= 15 is 0 Å². The number of ether oxygens (including phenoxy) is 1. The Kier molecular flexibility index (Phi) is 5.84. The Morgan fingerprint density at radius 2 is 1.80 bits per heavy atom. The van der Waals surface area contributed by atoms with Crippen molar-refractivity contribution in [3.05, 3.63) is 65.0 Å². The van der Waals surface area contributed by atoms with E-state index in [2.05, 4.69) is 10.5 Å². The zero-order chi connectivity index (χ0) is 18.4. The van der Waals surface area contributed by atoms with Crippen molar-refractivity contribution in [2.24, 2.45) is 5.10 Å². The average molecular weight is 343 g/mol. The highest BCUT2D eigenvalue weighted by atomic mass is 19.1. The number of hydrazone groups is 1. The molecule has 0 radical (unpaired) electrons. The molecule has 0 aliphatic rings. The highest BCUT2D eigenvalue weighted by Crippen LogP contribution is 2.20. The van der Waals surface area contributed by atoms with E-state index < -0.39 is 17.7 Å². The van der Waals surface area contributed by atoms with E-state index in [1.807, 2.05) is 0 Å². The zero-order valence-corrected chi connectivity index (χ0v) is 13.7. The molecular weight excluding hydrogens is 327 g/mol. The first-order valence-corrected chi connectivity index (χ1v) is 7.38. The minimum absolute atomic E-state index is 0.269. The van der Waals surface area contributed by atoms with Gasteiger partial charge in [0, 0.05) is 23.5 Å². The van der Waals surface area contributed by atoms with Gasteiger partial charge in [-0.3, -0.25) is 4.79 Å². The van der Waals surface area contributed by atoms with Gasteiger partial charge in [-0.2, -0.15) is 5.10 Å². The molecule has 0 spiro atoms. The lowest BCUT2D eigenvalue weighted by molar-refractivity contribution is -0.304. The number of halogens is 1. The van der Waals surface area contributed by atoms with Crippen LogP contribution in [-0.4, -0.2) is 24.7 Å². The molecule has 1 amide bonds. The Morgan fingerprint density at radius 1 is 1.16 bits per heavy atom. The molecule has 130 valence electrons. The fourth-order valence-corrected chi connectivity index (χ4v) is 2.16. The third-order valence-corrected chi connectivity index (χ3v) is 3.46. The predicted molar refractivity (Wildman–Crippen MR) is 87.8 cm³/mol. The second-order valence-electron chi connectivity index (χ2n) is 5.22. The lowest BCUT2D eigenvalue weighted by Gasteiger charge is -2.11. The SMILES string of the molecule is COc1ccc(/C(C)=N\NC(=O)c2ccc(F)cc2)cc1CC(=O)[O-]. The monoisotopic (exact) mass is 343 g/mol. The van der Waals surface area contributed by atoms with Crippen LogP contribution in [0.3, 0.4) is 0 Å². The fraction of sp³-hybridized carbons (Fsp3) is 0.167. The molecule has 1 N–H and O–H groups in total. The average Bonchev–Trinajstić information content (AvgIpc) is 2.59. The van der Waals surface area contributed by atoms with Crippen molar-refractivity contribution in [3.63, 3.8) is 0 Å². The molecule has 0 aromatic heterocycles. The maximum absolute atomic E-state index is 12.9. The van der Waals surface area contributed by atoms with Gasteiger partial charge in [-0.25, -0.2) is 9.82 Å². The number of amides is 1. The number of methoxy groups -OCH3 is 1. The van der Waals surface area contributed by atoms with E-state index in [0.29, 0.717) is 22.6 Å². The molecule has 0 aliphatic carbocycles. The van der Waals surface area contributed by atoms with Gasteiger partial charge in [-0.05, 0) is 55.0 Å². The van der Waals surface area contributed by atoms with Crippen molar-refractivity contribution in [1.29, 1.82) is 0 Å². The fourth-order valence-electron chi connectivity index (χ4n) is 2.16. The molecular formula is C18H16FN2O4-. The van der Waals surface area contributed by atoms with Crippen LogP contribution in [0.4, 0.5) is 4.39 Å². The van der Waals surface area contributed by atoms with Gasteiger partial charge in [0.2, 0.25) is 0 Å². The van der Waals surface area contributed by atoms with Crippen LogP contribution in [0.5, 0.6) is 5.75 Å². The van der Waals surface area contributed by atoms with Crippen molar-refractivity contribution in [2.45, 2.75) is 13.3 Å². The first kappa shape index (κ1) is 18.1. The van der Waals surface area contributed by atoms with Gasteiger partial charge in [0.25, 0.3) is 5.91 Å². The molecule has 7 heteroatoms. The Balaban J connectivity index is 2.17. The van der Waals surface area contributed by atoms with E-state index in [1.54, 1.807) is 25.1 Å². The summed E-state index contributed by atoms with van der Waals surface area (Å²) in [7, 11) is 1.44. The van der Waals surface area contributed by atoms with Gasteiger partial charge in [0.15, 0.2) is 0 Å². The van der Waals surface area contributed by atoms with Crippen molar-refractivity contribution >= 4 is 17.6 Å². The largest absolute Gasteiger partial charge is 0.550 e. The molecule has 25 heavy (non-hydrogen) atoms. The normalized spacial score (nSPS) is 11.1. The maximum atomic E-state index is 12.9. The highest BCUT2D eigenvalue weighted by molar-refractivity contribution is 6.01. The Bertz CT molecular complexity index is 816. The van der Waals surface area contributed by atoms with E-state index in [4.69, 9.17) is 4.74 Å². The van der Waals surface area contributed by atoms with Crippen molar-refractivity contribution in [3.8, 4) is 5.75 Å². The summed E-state index contributed by atoms with van der Waals surface area (Å²) in [4.78, 5) is 22.8. The standard InChI is InChI=1S/C18H17FN2O4/c1-11(20-21-18(24)12-3-6-15(19)7-4-12)13-5-8-16(25-2)14(9-13)10-17(22)23/h3-9H,10H2,1-2H3,(H,21,24)(H,22,23)/p-1/b20-11-. The second-order valence-corrected chi connectivity index (χ2v) is 5.22. The Morgan fingerprint density at radius 3 is 2.40 bits per heavy atom. The molecule has 0 heterocycles. The van der Waals surface area contributed by atoms with Crippen LogP contribution in [0.15, 0.2) is 47.6 Å². The van der Waals surface area contributed by atoms with Crippen LogP contribution < -0.4 is 15.3 Å². The summed E-state index contributed by atoms with van der Waals surface area (Å²) in [5.41, 5.74) is 4.18. The third kappa shape index (κ3) is 4.87. The van der Waals surface area contributed by atoms with Gasteiger partial charge < -0.3 is 14.6 Å². The number of carboxylic acid groups (broad SMARTS) is 1. The van der Waals surface area contributed by atoms with E-state index in [1.165, 1.54) is 31.4 Å². The number of carboxylic acids is 1. The minimum Gasteiger partial charge on any atom is -0.550 e. The summed E-state index contributed by atoms with van der Waals surface area (Å²) >= 11 is 0. The Labute approximate surface area is 143 Å². The van der Waals surface area contributed by atoms with Crippen molar-refractivity contribution in [2.75, 3.05) is 7.11 Å². The number of hydrogen-bond acceptors (Lipinski definition) is 5. The van der Waals surface area contributed by atoms with Crippen molar-refractivity contribution < 1.29 is 23.8 Å². The molecule has 2 aromatic rings. The Hall–Kier alpha value is -3.22. The number of benzene rings is 2. The summed E-state index contributed by atoms with van der Waals surface area (Å²) in [5, 5.41) is 14.8. The van der Waals surface area contributed by atoms with E-state index in [0.717, 1.165) is 0 Å². The number of nitrogens with one attached hydrogen (secondary N) is 1. The van der Waals surface area contributed by atoms with Gasteiger partial charge in [0.1, 0.15) is 11.6 Å². The first-order valence-electron chi connectivity index (χ1n) is 7.38. The second kappa shape index (κ2) is 8.05. The minimum atomic E-state index is -1.23. The van der Waals surface area contributed by atoms with E-state index in [-0.39, 0.29) is 12.0 Å². The van der Waals surface area contributed by atoms with Crippen LogP contribution in [0.1, 0.15) is 28.4 Å². The molecule has 0 fully saturated rings. The maximum Gasteiger partial charge on any atom is 0.271 e. The lowest BCUT2D eigenvalue weighted by atomic mass is 10.0. The smallest absolute Gasteiger partial charge is 0.271 e. The quantitative estimate of drug-likeness (QED) is 0.632. The van der Waals surface area contributed by atoms with Crippen LogP contribution in [-0.2, 0) is 11.2 Å². The van der Waals surface area contributed by atoms with Gasteiger partial charge in [0.05, 0.1) is 12.8 Å². The molecule has 0 saturated heterocycles. The number of carbonyl (C=O) groups is 2. The number of nitrogens with zero attached hydrogens (tertiary/aromatic N) is 1.